The van der Waals surface area contributed by atoms with Crippen LogP contribution in [0.2, 0.25) is 0 Å². The summed E-state index contributed by atoms with van der Waals surface area (Å²) in [5, 5.41) is 18.9. The highest BCUT2D eigenvalue weighted by molar-refractivity contribution is 5.74. The smallest absolute Gasteiger partial charge is 0.309 e. The Morgan fingerprint density at radius 1 is 0.643 bits per heavy atom. The molecule has 0 aliphatic rings. The summed E-state index contributed by atoms with van der Waals surface area (Å²) in [6.07, 6.45) is 13.7. The van der Waals surface area contributed by atoms with Crippen molar-refractivity contribution in [2.75, 3.05) is 0 Å². The Hall–Kier alpha value is -1.06. The van der Waals surface area contributed by atoms with Crippen molar-refractivity contribution in [1.82, 2.24) is 0 Å². The molecule has 0 aromatic rings. The molecule has 0 rings (SSSR count). The normalized spacial score (nSPS) is 12.1. The Balaban J connectivity index is 4.54. The summed E-state index contributed by atoms with van der Waals surface area (Å²) >= 11 is 0. The third kappa shape index (κ3) is 14.0. The Bertz CT molecular complexity index is 395. The lowest BCUT2D eigenvalue weighted by atomic mass is 9.74. The van der Waals surface area contributed by atoms with Crippen LogP contribution >= 0.6 is 0 Å². The number of carboxylic acids is 2. The van der Waals surface area contributed by atoms with Crippen molar-refractivity contribution >= 4 is 11.9 Å². The van der Waals surface area contributed by atoms with E-state index in [2.05, 4.69) is 27.7 Å². The standard InChI is InChI=1S/C24H46O4/c1-20(2)14-9-5-7-11-17-24(23(27)28,19-13-16-22(25)26)18-12-8-6-10-15-21(3)4/h20-21H,5-19H2,1-4H3,(H,25,26)(H,27,28). The minimum absolute atomic E-state index is 0.0673. The summed E-state index contributed by atoms with van der Waals surface area (Å²) in [6, 6.07) is 0. The minimum atomic E-state index is -0.832. The van der Waals surface area contributed by atoms with Gasteiger partial charge < -0.3 is 10.2 Å². The van der Waals surface area contributed by atoms with Gasteiger partial charge in [-0.25, -0.2) is 0 Å². The van der Waals surface area contributed by atoms with Crippen LogP contribution in [0.25, 0.3) is 0 Å². The van der Waals surface area contributed by atoms with E-state index in [1.165, 1.54) is 25.7 Å². The van der Waals surface area contributed by atoms with E-state index in [4.69, 9.17) is 5.11 Å². The molecular weight excluding hydrogens is 352 g/mol. The maximum Gasteiger partial charge on any atom is 0.309 e. The van der Waals surface area contributed by atoms with Gasteiger partial charge in [-0.15, -0.1) is 0 Å². The van der Waals surface area contributed by atoms with Gasteiger partial charge in [0.05, 0.1) is 5.41 Å². The number of aliphatic carboxylic acids is 2. The maximum atomic E-state index is 12.2. The van der Waals surface area contributed by atoms with Gasteiger partial charge >= 0.3 is 11.9 Å². The number of hydrogen-bond donors (Lipinski definition) is 2. The molecule has 0 saturated carbocycles. The van der Waals surface area contributed by atoms with Crippen LogP contribution in [-0.2, 0) is 9.59 Å². The first-order chi connectivity index (χ1) is 13.2. The molecule has 0 unspecified atom stereocenters. The Kier molecular flexibility index (Phi) is 15.2. The SMILES string of the molecule is CC(C)CCCCCCC(CCCCCCC(C)C)(CCCC(=O)O)C(=O)O. The second kappa shape index (κ2) is 15.8. The van der Waals surface area contributed by atoms with Crippen LogP contribution < -0.4 is 0 Å². The lowest BCUT2D eigenvalue weighted by Gasteiger charge is -2.30. The highest BCUT2D eigenvalue weighted by atomic mass is 16.4. The lowest BCUT2D eigenvalue weighted by Crippen LogP contribution is -2.31. The molecule has 0 atom stereocenters. The van der Waals surface area contributed by atoms with Gasteiger partial charge in [0.2, 0.25) is 0 Å². The summed E-state index contributed by atoms with van der Waals surface area (Å²) < 4.78 is 0. The molecule has 0 aromatic heterocycles. The van der Waals surface area contributed by atoms with Crippen molar-refractivity contribution in [1.29, 1.82) is 0 Å². The molecule has 0 saturated heterocycles. The van der Waals surface area contributed by atoms with Crippen molar-refractivity contribution in [3.05, 3.63) is 0 Å². The molecule has 0 aliphatic heterocycles. The van der Waals surface area contributed by atoms with Gasteiger partial charge in [0.15, 0.2) is 0 Å². The molecule has 4 heteroatoms. The molecule has 0 aliphatic carbocycles. The minimum Gasteiger partial charge on any atom is -0.481 e. The van der Waals surface area contributed by atoms with Gasteiger partial charge in [-0.1, -0.05) is 91.9 Å². The Morgan fingerprint density at radius 2 is 1.04 bits per heavy atom. The van der Waals surface area contributed by atoms with Crippen LogP contribution in [0.3, 0.4) is 0 Å². The Labute approximate surface area is 173 Å². The van der Waals surface area contributed by atoms with E-state index in [1.807, 2.05) is 0 Å². The molecule has 0 radical (unpaired) electrons. The van der Waals surface area contributed by atoms with E-state index in [0.717, 1.165) is 50.4 Å². The number of hydrogen-bond acceptors (Lipinski definition) is 2. The first-order valence-electron chi connectivity index (χ1n) is 11.6. The van der Waals surface area contributed by atoms with Gasteiger partial charge in [0.1, 0.15) is 0 Å². The van der Waals surface area contributed by atoms with E-state index >= 15 is 0 Å². The predicted molar refractivity (Wildman–Crippen MR) is 117 cm³/mol. The highest BCUT2D eigenvalue weighted by Crippen LogP contribution is 2.37. The molecular formula is C24H46O4. The largest absolute Gasteiger partial charge is 0.481 e. The number of unbranched alkanes of at least 4 members (excludes halogenated alkanes) is 6. The quantitative estimate of drug-likeness (QED) is 0.224. The zero-order valence-electron chi connectivity index (χ0n) is 19.0. The average Bonchev–Trinajstić information content (AvgIpc) is 2.59. The van der Waals surface area contributed by atoms with Gasteiger partial charge in [-0.2, -0.15) is 0 Å². The fourth-order valence-corrected chi connectivity index (χ4v) is 4.01. The number of rotatable bonds is 19. The van der Waals surface area contributed by atoms with Crippen molar-refractivity contribution in [3.63, 3.8) is 0 Å². The van der Waals surface area contributed by atoms with Crippen LogP contribution in [0.4, 0.5) is 0 Å². The molecule has 0 aromatic carbocycles. The molecule has 4 nitrogen and oxygen atoms in total. The molecule has 166 valence electrons. The molecule has 0 bridgehead atoms. The average molecular weight is 399 g/mol. The van der Waals surface area contributed by atoms with Crippen molar-refractivity contribution in [3.8, 4) is 0 Å². The zero-order chi connectivity index (χ0) is 21.4. The monoisotopic (exact) mass is 398 g/mol. The van der Waals surface area contributed by atoms with Crippen molar-refractivity contribution < 1.29 is 19.8 Å². The molecule has 0 heterocycles. The fourth-order valence-electron chi connectivity index (χ4n) is 4.01. The molecule has 0 fully saturated rings. The van der Waals surface area contributed by atoms with Gasteiger partial charge in [0, 0.05) is 6.42 Å². The van der Waals surface area contributed by atoms with Crippen LogP contribution in [0, 0.1) is 17.3 Å². The number of carbonyl (C=O) groups is 2. The molecule has 0 amide bonds. The third-order valence-corrected chi connectivity index (χ3v) is 5.87. The summed E-state index contributed by atoms with van der Waals surface area (Å²) in [7, 11) is 0. The van der Waals surface area contributed by atoms with E-state index < -0.39 is 17.4 Å². The van der Waals surface area contributed by atoms with Crippen LogP contribution in [-0.4, -0.2) is 22.2 Å². The Morgan fingerprint density at radius 3 is 1.39 bits per heavy atom. The first kappa shape index (κ1) is 26.9. The summed E-state index contributed by atoms with van der Waals surface area (Å²) in [5.74, 6) is -0.0986. The van der Waals surface area contributed by atoms with Crippen LogP contribution in [0.15, 0.2) is 0 Å². The predicted octanol–water partition coefficient (Wildman–Crippen LogP) is 7.31. The fraction of sp³-hybridized carbons (Fsp3) is 0.917. The van der Waals surface area contributed by atoms with Gasteiger partial charge in [0.25, 0.3) is 0 Å². The van der Waals surface area contributed by atoms with Crippen molar-refractivity contribution in [2.45, 2.75) is 124 Å². The lowest BCUT2D eigenvalue weighted by molar-refractivity contribution is -0.151. The van der Waals surface area contributed by atoms with Gasteiger partial charge in [-0.05, 0) is 37.5 Å². The van der Waals surface area contributed by atoms with Crippen molar-refractivity contribution in [2.24, 2.45) is 17.3 Å². The molecule has 28 heavy (non-hydrogen) atoms. The van der Waals surface area contributed by atoms with E-state index in [9.17, 15) is 14.7 Å². The van der Waals surface area contributed by atoms with E-state index in [0.29, 0.717) is 25.7 Å². The third-order valence-electron chi connectivity index (χ3n) is 5.87. The van der Waals surface area contributed by atoms with E-state index in [-0.39, 0.29) is 6.42 Å². The zero-order valence-corrected chi connectivity index (χ0v) is 19.0. The molecule has 0 spiro atoms. The van der Waals surface area contributed by atoms with E-state index in [1.54, 1.807) is 0 Å². The van der Waals surface area contributed by atoms with Crippen LogP contribution in [0.5, 0.6) is 0 Å². The summed E-state index contributed by atoms with van der Waals surface area (Å²) in [5.41, 5.74) is -0.731. The summed E-state index contributed by atoms with van der Waals surface area (Å²) in [6.45, 7) is 8.94. The first-order valence-corrected chi connectivity index (χ1v) is 11.6. The molecule has 2 N–H and O–H groups in total. The summed E-state index contributed by atoms with van der Waals surface area (Å²) in [4.78, 5) is 23.1. The topological polar surface area (TPSA) is 74.6 Å². The van der Waals surface area contributed by atoms with Gasteiger partial charge in [-0.3, -0.25) is 9.59 Å². The second-order valence-corrected chi connectivity index (χ2v) is 9.53. The van der Waals surface area contributed by atoms with Crippen LogP contribution in [0.1, 0.15) is 124 Å². The maximum absolute atomic E-state index is 12.2. The highest BCUT2D eigenvalue weighted by Gasteiger charge is 2.36. The second-order valence-electron chi connectivity index (χ2n) is 9.53. The number of carboxylic acid groups (broad SMARTS) is 2.